The summed E-state index contributed by atoms with van der Waals surface area (Å²) in [7, 11) is -3.86. The summed E-state index contributed by atoms with van der Waals surface area (Å²) in [5, 5.41) is 17.0. The quantitative estimate of drug-likeness (QED) is 0.292. The SMILES string of the molecule is Cc1cc(C)c(S(=O)(=O)Nc2ccc(N3CCC(Cc4ccccc4)CC3)c(C(=O)O)c2)cc1C.O=C(O)C(F)(F)F. The Labute approximate surface area is 242 Å². The van der Waals surface area contributed by atoms with Crippen LogP contribution in [0, 0.1) is 26.7 Å². The first kappa shape index (κ1) is 32.5. The number of anilines is 2. The van der Waals surface area contributed by atoms with Gasteiger partial charge in [0.05, 0.1) is 16.1 Å². The third-order valence-corrected chi connectivity index (χ3v) is 8.65. The molecule has 226 valence electrons. The molecule has 42 heavy (non-hydrogen) atoms. The van der Waals surface area contributed by atoms with Crippen molar-refractivity contribution in [3.05, 3.63) is 88.5 Å². The zero-order valence-corrected chi connectivity index (χ0v) is 24.2. The Morgan fingerprint density at radius 3 is 2.02 bits per heavy atom. The smallest absolute Gasteiger partial charge is 0.478 e. The fourth-order valence-electron chi connectivity index (χ4n) is 4.81. The Morgan fingerprint density at radius 2 is 1.48 bits per heavy atom. The maximum absolute atomic E-state index is 13.1. The molecule has 0 atom stereocenters. The molecule has 0 aromatic heterocycles. The minimum atomic E-state index is -5.08. The number of aromatic carboxylic acids is 1. The molecule has 0 saturated carbocycles. The van der Waals surface area contributed by atoms with Crippen molar-refractivity contribution in [2.24, 2.45) is 5.92 Å². The first-order valence-electron chi connectivity index (χ1n) is 13.2. The van der Waals surface area contributed by atoms with Gasteiger partial charge >= 0.3 is 18.1 Å². The lowest BCUT2D eigenvalue weighted by atomic mass is 9.90. The van der Waals surface area contributed by atoms with Crippen LogP contribution in [0.1, 0.15) is 45.5 Å². The number of sulfonamides is 1. The minimum absolute atomic E-state index is 0.100. The molecule has 1 fully saturated rings. The standard InChI is InChI=1S/C28H32N2O4S.C2HF3O2/c1-19-15-21(3)27(16-20(19)2)35(33,34)29-24-9-10-26(25(18-24)28(31)32)30-13-11-23(12-14-30)17-22-7-5-4-6-8-22;3-2(4,5)1(6)7/h4-10,15-16,18,23,29H,11-14,17H2,1-3H3,(H,31,32);(H,6,7). The Hall–Kier alpha value is -4.06. The molecule has 0 aliphatic carbocycles. The third-order valence-electron chi connectivity index (χ3n) is 7.12. The van der Waals surface area contributed by atoms with Crippen LogP contribution in [0.25, 0.3) is 0 Å². The van der Waals surface area contributed by atoms with E-state index in [0.29, 0.717) is 17.2 Å². The summed E-state index contributed by atoms with van der Waals surface area (Å²) in [5.74, 6) is -3.27. The van der Waals surface area contributed by atoms with Crippen molar-refractivity contribution >= 4 is 33.3 Å². The molecule has 1 heterocycles. The van der Waals surface area contributed by atoms with Gasteiger partial charge in [-0.15, -0.1) is 0 Å². The molecular formula is C30H33F3N2O6S. The number of alkyl halides is 3. The highest BCUT2D eigenvalue weighted by atomic mass is 32.2. The van der Waals surface area contributed by atoms with Crippen molar-refractivity contribution in [3.63, 3.8) is 0 Å². The van der Waals surface area contributed by atoms with Gasteiger partial charge in [-0.2, -0.15) is 13.2 Å². The molecule has 12 heteroatoms. The molecule has 0 unspecified atom stereocenters. The fourth-order valence-corrected chi connectivity index (χ4v) is 6.17. The predicted octanol–water partition coefficient (Wildman–Crippen LogP) is 6.20. The summed E-state index contributed by atoms with van der Waals surface area (Å²) in [5.41, 5.74) is 4.84. The Bertz CT molecular complexity index is 1530. The molecule has 3 aromatic carbocycles. The summed E-state index contributed by atoms with van der Waals surface area (Å²) in [6, 6.07) is 18.7. The Morgan fingerprint density at radius 1 is 0.905 bits per heavy atom. The minimum Gasteiger partial charge on any atom is -0.478 e. The van der Waals surface area contributed by atoms with Gasteiger partial charge in [0, 0.05) is 18.8 Å². The van der Waals surface area contributed by atoms with Crippen LogP contribution in [0.3, 0.4) is 0 Å². The molecule has 3 N–H and O–H groups in total. The molecular weight excluding hydrogens is 573 g/mol. The van der Waals surface area contributed by atoms with E-state index < -0.39 is 28.1 Å². The van der Waals surface area contributed by atoms with E-state index in [0.717, 1.165) is 43.5 Å². The van der Waals surface area contributed by atoms with Gasteiger partial charge < -0.3 is 15.1 Å². The predicted molar refractivity (Wildman–Crippen MR) is 154 cm³/mol. The molecule has 0 radical (unpaired) electrons. The fraction of sp³-hybridized carbons (Fsp3) is 0.333. The van der Waals surface area contributed by atoms with Crippen molar-refractivity contribution in [2.75, 3.05) is 22.7 Å². The molecule has 0 spiro atoms. The number of hydrogen-bond acceptors (Lipinski definition) is 5. The van der Waals surface area contributed by atoms with Crippen LogP contribution in [0.2, 0.25) is 0 Å². The van der Waals surface area contributed by atoms with E-state index in [9.17, 15) is 31.5 Å². The number of aryl methyl sites for hydroxylation is 3. The number of carboxylic acid groups (broad SMARTS) is 2. The highest BCUT2D eigenvalue weighted by molar-refractivity contribution is 7.92. The van der Waals surface area contributed by atoms with Gasteiger partial charge in [-0.25, -0.2) is 18.0 Å². The largest absolute Gasteiger partial charge is 0.490 e. The van der Waals surface area contributed by atoms with Crippen molar-refractivity contribution in [3.8, 4) is 0 Å². The second-order valence-electron chi connectivity index (χ2n) is 10.3. The number of carbonyl (C=O) groups is 2. The van der Waals surface area contributed by atoms with Crippen molar-refractivity contribution < 1.29 is 41.4 Å². The van der Waals surface area contributed by atoms with E-state index in [4.69, 9.17) is 9.90 Å². The summed E-state index contributed by atoms with van der Waals surface area (Å²) in [6.45, 7) is 7.10. The second kappa shape index (κ2) is 13.3. The van der Waals surface area contributed by atoms with Crippen LogP contribution in [0.5, 0.6) is 0 Å². The average Bonchev–Trinajstić information content (AvgIpc) is 2.91. The van der Waals surface area contributed by atoms with Gasteiger partial charge in [0.1, 0.15) is 0 Å². The van der Waals surface area contributed by atoms with Gasteiger partial charge in [0.25, 0.3) is 10.0 Å². The number of aliphatic carboxylic acids is 1. The van der Waals surface area contributed by atoms with Crippen LogP contribution in [-0.2, 0) is 21.2 Å². The van der Waals surface area contributed by atoms with Crippen molar-refractivity contribution in [2.45, 2.75) is 51.1 Å². The maximum Gasteiger partial charge on any atom is 0.490 e. The van der Waals surface area contributed by atoms with Crippen molar-refractivity contribution in [1.82, 2.24) is 0 Å². The normalized spacial score (nSPS) is 14.1. The molecule has 3 aromatic rings. The number of nitrogens with zero attached hydrogens (tertiary/aromatic N) is 1. The lowest BCUT2D eigenvalue weighted by Gasteiger charge is -2.34. The van der Waals surface area contributed by atoms with E-state index in [2.05, 4.69) is 33.9 Å². The van der Waals surface area contributed by atoms with Crippen LogP contribution >= 0.6 is 0 Å². The van der Waals surface area contributed by atoms with Crippen LogP contribution in [-0.4, -0.2) is 49.8 Å². The van der Waals surface area contributed by atoms with Crippen LogP contribution < -0.4 is 9.62 Å². The topological polar surface area (TPSA) is 124 Å². The van der Waals surface area contributed by atoms with Gasteiger partial charge in [-0.1, -0.05) is 36.4 Å². The van der Waals surface area contributed by atoms with Gasteiger partial charge in [-0.05, 0) is 92.5 Å². The maximum atomic E-state index is 13.1. The molecule has 1 saturated heterocycles. The highest BCUT2D eigenvalue weighted by Crippen LogP contribution is 2.31. The monoisotopic (exact) mass is 606 g/mol. The van der Waals surface area contributed by atoms with E-state index in [1.807, 2.05) is 26.0 Å². The van der Waals surface area contributed by atoms with E-state index in [1.165, 1.54) is 11.6 Å². The number of piperidine rings is 1. The number of carboxylic acids is 2. The summed E-state index contributed by atoms with van der Waals surface area (Å²) in [6.07, 6.45) is -2.10. The average molecular weight is 607 g/mol. The number of halogens is 3. The highest BCUT2D eigenvalue weighted by Gasteiger charge is 2.38. The molecule has 8 nitrogen and oxygen atoms in total. The van der Waals surface area contributed by atoms with E-state index in [1.54, 1.807) is 25.1 Å². The van der Waals surface area contributed by atoms with Crippen molar-refractivity contribution in [1.29, 1.82) is 0 Å². The van der Waals surface area contributed by atoms with Gasteiger partial charge in [0.15, 0.2) is 0 Å². The number of nitrogens with one attached hydrogen (secondary N) is 1. The zero-order valence-electron chi connectivity index (χ0n) is 23.4. The lowest BCUT2D eigenvalue weighted by molar-refractivity contribution is -0.192. The molecule has 0 bridgehead atoms. The van der Waals surface area contributed by atoms with Crippen LogP contribution in [0.15, 0.2) is 65.6 Å². The summed E-state index contributed by atoms with van der Waals surface area (Å²) >= 11 is 0. The third kappa shape index (κ3) is 8.48. The van der Waals surface area contributed by atoms with Gasteiger partial charge in [-0.3, -0.25) is 4.72 Å². The lowest BCUT2D eigenvalue weighted by Crippen LogP contribution is -2.35. The second-order valence-corrected chi connectivity index (χ2v) is 11.9. The molecule has 1 aliphatic rings. The van der Waals surface area contributed by atoms with E-state index >= 15 is 0 Å². The number of benzene rings is 3. The molecule has 1 aliphatic heterocycles. The first-order chi connectivity index (χ1) is 19.6. The molecule has 4 rings (SSSR count). The number of rotatable bonds is 7. The first-order valence-corrected chi connectivity index (χ1v) is 14.6. The number of hydrogen-bond donors (Lipinski definition) is 3. The van der Waals surface area contributed by atoms with E-state index in [-0.39, 0.29) is 16.1 Å². The summed E-state index contributed by atoms with van der Waals surface area (Å²) < 4.78 is 60.5. The summed E-state index contributed by atoms with van der Waals surface area (Å²) in [4.78, 5) is 23.3. The Kier molecular flexibility index (Phi) is 10.3. The van der Waals surface area contributed by atoms with Crippen LogP contribution in [0.4, 0.5) is 24.5 Å². The molecule has 0 amide bonds. The van der Waals surface area contributed by atoms with Gasteiger partial charge in [0.2, 0.25) is 0 Å². The zero-order chi connectivity index (χ0) is 31.2. The Balaban J connectivity index is 0.000000616.